The van der Waals surface area contributed by atoms with Crippen molar-refractivity contribution >= 4 is 48.9 Å². The molecule has 2 aromatic rings. The van der Waals surface area contributed by atoms with Gasteiger partial charge in [0.2, 0.25) is 0 Å². The summed E-state index contributed by atoms with van der Waals surface area (Å²) in [5.74, 6) is 0. The van der Waals surface area contributed by atoms with Crippen LogP contribution < -0.4 is 10.5 Å². The highest BCUT2D eigenvalue weighted by atomic mass is 79.9. The number of halogens is 2. The molecule has 0 unspecified atom stereocenters. The van der Waals surface area contributed by atoms with E-state index in [-0.39, 0.29) is 10.6 Å². The second-order valence-electron chi connectivity index (χ2n) is 4.25. The van der Waals surface area contributed by atoms with Crippen LogP contribution in [0.25, 0.3) is 0 Å². The molecule has 0 saturated carbocycles. The minimum absolute atomic E-state index is 0.00130. The lowest BCUT2D eigenvalue weighted by atomic mass is 10.2. The third kappa shape index (κ3) is 3.26. The Bertz CT molecular complexity index is 763. The average molecular weight is 376 g/mol. The van der Waals surface area contributed by atoms with Gasteiger partial charge in [-0.3, -0.25) is 4.72 Å². The standard InChI is InChI=1S/C13H12BrClN2O2S/c1-8-2-4-10(7-11(8)14)17-20(18,19)13-5-3-9(15)6-12(13)16/h2-7,17H,16H2,1H3. The van der Waals surface area contributed by atoms with Crippen molar-refractivity contribution in [1.82, 2.24) is 0 Å². The first-order chi connectivity index (χ1) is 9.29. The van der Waals surface area contributed by atoms with Crippen molar-refractivity contribution in [2.75, 3.05) is 10.5 Å². The SMILES string of the molecule is Cc1ccc(NS(=O)(=O)c2ccc(Cl)cc2N)cc1Br. The monoisotopic (exact) mass is 374 g/mol. The minimum atomic E-state index is -3.74. The molecule has 0 aliphatic carbocycles. The van der Waals surface area contributed by atoms with E-state index < -0.39 is 10.0 Å². The second kappa shape index (κ2) is 5.63. The molecule has 106 valence electrons. The van der Waals surface area contributed by atoms with Gasteiger partial charge in [0.05, 0.1) is 5.69 Å². The summed E-state index contributed by atoms with van der Waals surface area (Å²) in [5, 5.41) is 0.388. The number of nitrogens with two attached hydrogens (primary N) is 1. The highest BCUT2D eigenvalue weighted by Gasteiger charge is 2.18. The number of sulfonamides is 1. The number of aryl methyl sites for hydroxylation is 1. The van der Waals surface area contributed by atoms with Crippen LogP contribution in [-0.2, 0) is 10.0 Å². The van der Waals surface area contributed by atoms with Crippen molar-refractivity contribution in [2.45, 2.75) is 11.8 Å². The Balaban J connectivity index is 2.38. The topological polar surface area (TPSA) is 72.2 Å². The molecule has 0 aliphatic heterocycles. The first-order valence-corrected chi connectivity index (χ1v) is 8.29. The Morgan fingerprint density at radius 2 is 1.90 bits per heavy atom. The van der Waals surface area contributed by atoms with Crippen LogP contribution in [0.5, 0.6) is 0 Å². The van der Waals surface area contributed by atoms with Crippen LogP contribution in [0, 0.1) is 6.92 Å². The maximum absolute atomic E-state index is 12.3. The van der Waals surface area contributed by atoms with Crippen LogP contribution in [0.3, 0.4) is 0 Å². The lowest BCUT2D eigenvalue weighted by Crippen LogP contribution is -2.14. The largest absolute Gasteiger partial charge is 0.398 e. The first-order valence-electron chi connectivity index (χ1n) is 5.63. The molecule has 0 radical (unpaired) electrons. The summed E-state index contributed by atoms with van der Waals surface area (Å²) >= 11 is 9.12. The van der Waals surface area contributed by atoms with Gasteiger partial charge in [0.25, 0.3) is 10.0 Å². The number of nitrogen functional groups attached to an aromatic ring is 1. The predicted molar refractivity (Wildman–Crippen MR) is 85.6 cm³/mol. The third-order valence-electron chi connectivity index (χ3n) is 2.69. The van der Waals surface area contributed by atoms with E-state index in [2.05, 4.69) is 20.7 Å². The second-order valence-corrected chi connectivity index (χ2v) is 7.19. The third-order valence-corrected chi connectivity index (χ3v) is 5.23. The van der Waals surface area contributed by atoms with E-state index in [0.717, 1.165) is 10.0 Å². The summed E-state index contributed by atoms with van der Waals surface area (Å²) in [6, 6.07) is 9.46. The minimum Gasteiger partial charge on any atom is -0.398 e. The van der Waals surface area contributed by atoms with E-state index in [4.69, 9.17) is 17.3 Å². The Morgan fingerprint density at radius 3 is 2.50 bits per heavy atom. The smallest absolute Gasteiger partial charge is 0.263 e. The molecule has 20 heavy (non-hydrogen) atoms. The lowest BCUT2D eigenvalue weighted by molar-refractivity contribution is 0.601. The molecule has 4 nitrogen and oxygen atoms in total. The van der Waals surface area contributed by atoms with Crippen LogP contribution in [0.1, 0.15) is 5.56 Å². The van der Waals surface area contributed by atoms with Crippen LogP contribution >= 0.6 is 27.5 Å². The van der Waals surface area contributed by atoms with Gasteiger partial charge < -0.3 is 5.73 Å². The van der Waals surface area contributed by atoms with Gasteiger partial charge in [0.1, 0.15) is 4.90 Å². The maximum atomic E-state index is 12.3. The van der Waals surface area contributed by atoms with Gasteiger partial charge >= 0.3 is 0 Å². The number of rotatable bonds is 3. The fourth-order valence-electron chi connectivity index (χ4n) is 1.63. The van der Waals surface area contributed by atoms with Crippen LogP contribution in [0.15, 0.2) is 45.8 Å². The molecule has 7 heteroatoms. The Kier molecular flexibility index (Phi) is 4.27. The van der Waals surface area contributed by atoms with Gasteiger partial charge in [-0.2, -0.15) is 0 Å². The number of hydrogen-bond acceptors (Lipinski definition) is 3. The molecule has 0 aromatic heterocycles. The van der Waals surface area contributed by atoms with Crippen LogP contribution in [0.4, 0.5) is 11.4 Å². The number of anilines is 2. The molecule has 0 heterocycles. The van der Waals surface area contributed by atoms with Crippen LogP contribution in [0.2, 0.25) is 5.02 Å². The van der Waals surface area contributed by atoms with E-state index in [0.29, 0.717) is 10.7 Å². The highest BCUT2D eigenvalue weighted by molar-refractivity contribution is 9.10. The molecular formula is C13H12BrClN2O2S. The molecule has 0 saturated heterocycles. The van der Waals surface area contributed by atoms with Gasteiger partial charge in [0.15, 0.2) is 0 Å². The van der Waals surface area contributed by atoms with Crippen molar-refractivity contribution in [2.24, 2.45) is 0 Å². The molecule has 0 spiro atoms. The van der Waals surface area contributed by atoms with Crippen molar-refractivity contribution < 1.29 is 8.42 Å². The van der Waals surface area contributed by atoms with Gasteiger partial charge in [-0.05, 0) is 42.8 Å². The molecule has 0 atom stereocenters. The summed E-state index contributed by atoms with van der Waals surface area (Å²) in [6.45, 7) is 1.92. The lowest BCUT2D eigenvalue weighted by Gasteiger charge is -2.11. The van der Waals surface area contributed by atoms with Gasteiger partial charge in [-0.15, -0.1) is 0 Å². The van der Waals surface area contributed by atoms with Crippen molar-refractivity contribution in [1.29, 1.82) is 0 Å². The fraction of sp³-hybridized carbons (Fsp3) is 0.0769. The molecule has 0 fully saturated rings. The Hall–Kier alpha value is -1.24. The zero-order valence-electron chi connectivity index (χ0n) is 10.5. The number of benzene rings is 2. The van der Waals surface area contributed by atoms with E-state index in [1.54, 1.807) is 12.1 Å². The normalized spacial score (nSPS) is 11.3. The van der Waals surface area contributed by atoms with E-state index >= 15 is 0 Å². The van der Waals surface area contributed by atoms with Crippen molar-refractivity contribution in [3.05, 3.63) is 51.5 Å². The molecule has 0 amide bonds. The van der Waals surface area contributed by atoms with Crippen molar-refractivity contribution in [3.8, 4) is 0 Å². The zero-order chi connectivity index (χ0) is 14.9. The molecule has 0 aliphatic rings. The summed E-state index contributed by atoms with van der Waals surface area (Å²) in [7, 11) is -3.74. The number of nitrogens with one attached hydrogen (secondary N) is 1. The molecule has 2 aromatic carbocycles. The summed E-state index contributed by atoms with van der Waals surface area (Å²) in [5.41, 5.74) is 7.28. The average Bonchev–Trinajstić information content (AvgIpc) is 2.33. The van der Waals surface area contributed by atoms with E-state index in [1.807, 2.05) is 13.0 Å². The fourth-order valence-corrected chi connectivity index (χ4v) is 3.35. The van der Waals surface area contributed by atoms with Crippen LogP contribution in [-0.4, -0.2) is 8.42 Å². The van der Waals surface area contributed by atoms with E-state index in [9.17, 15) is 8.42 Å². The quantitative estimate of drug-likeness (QED) is 0.802. The number of hydrogen-bond donors (Lipinski definition) is 2. The zero-order valence-corrected chi connectivity index (χ0v) is 13.7. The maximum Gasteiger partial charge on any atom is 0.263 e. The molecular weight excluding hydrogens is 364 g/mol. The summed E-state index contributed by atoms with van der Waals surface area (Å²) in [6.07, 6.45) is 0. The van der Waals surface area contributed by atoms with Gasteiger partial charge in [-0.25, -0.2) is 8.42 Å². The molecule has 3 N–H and O–H groups in total. The van der Waals surface area contributed by atoms with E-state index in [1.165, 1.54) is 18.2 Å². The summed E-state index contributed by atoms with van der Waals surface area (Å²) < 4.78 is 27.9. The molecule has 0 bridgehead atoms. The van der Waals surface area contributed by atoms with Gasteiger partial charge in [0, 0.05) is 15.2 Å². The highest BCUT2D eigenvalue weighted by Crippen LogP contribution is 2.26. The Labute approximate surface area is 131 Å². The van der Waals surface area contributed by atoms with Gasteiger partial charge in [-0.1, -0.05) is 33.6 Å². The predicted octanol–water partition coefficient (Wildman–Crippen LogP) is 3.79. The Morgan fingerprint density at radius 1 is 1.20 bits per heavy atom. The summed E-state index contributed by atoms with van der Waals surface area (Å²) in [4.78, 5) is -0.00130. The van der Waals surface area contributed by atoms with Crippen molar-refractivity contribution in [3.63, 3.8) is 0 Å². The molecule has 2 rings (SSSR count). The first kappa shape index (κ1) is 15.2.